The number of ether oxygens (including phenoxy) is 1. The normalized spacial score (nSPS) is 28.0. The molecule has 18 heavy (non-hydrogen) atoms. The van der Waals surface area contributed by atoms with Crippen LogP contribution < -0.4 is 5.32 Å². The first-order valence-corrected chi connectivity index (χ1v) is 6.99. The fourth-order valence-electron chi connectivity index (χ4n) is 3.09. The number of hydrogen-bond donors (Lipinski definition) is 1. The quantitative estimate of drug-likeness (QED) is 0.896. The second kappa shape index (κ2) is 4.67. The largest absolute Gasteiger partial charge is 0.444 e. The van der Waals surface area contributed by atoms with Crippen molar-refractivity contribution in [1.82, 2.24) is 10.3 Å². The summed E-state index contributed by atoms with van der Waals surface area (Å²) < 4.78 is 11.5. The van der Waals surface area contributed by atoms with Gasteiger partial charge in [0.1, 0.15) is 5.76 Å². The van der Waals surface area contributed by atoms with Crippen LogP contribution in [-0.2, 0) is 4.74 Å². The highest BCUT2D eigenvalue weighted by atomic mass is 16.5. The Bertz CT molecular complexity index is 412. The van der Waals surface area contributed by atoms with E-state index in [1.165, 1.54) is 19.3 Å². The Labute approximate surface area is 108 Å². The molecule has 1 aromatic heterocycles. The van der Waals surface area contributed by atoms with E-state index in [2.05, 4.69) is 17.2 Å². The summed E-state index contributed by atoms with van der Waals surface area (Å²) in [6.45, 7) is 4.93. The second-order valence-corrected chi connectivity index (χ2v) is 5.77. The molecule has 2 atom stereocenters. The van der Waals surface area contributed by atoms with Gasteiger partial charge in [0.25, 0.3) is 0 Å². The van der Waals surface area contributed by atoms with Crippen LogP contribution in [0.3, 0.4) is 0 Å². The number of nitrogens with zero attached hydrogens (tertiary/aromatic N) is 1. The Balaban J connectivity index is 1.58. The average Bonchev–Trinajstić information content (AvgIpc) is 2.74. The molecule has 3 rings (SSSR count). The van der Waals surface area contributed by atoms with Gasteiger partial charge in [-0.2, -0.15) is 0 Å². The molecule has 1 saturated heterocycles. The van der Waals surface area contributed by atoms with Gasteiger partial charge in [0.15, 0.2) is 0 Å². The molecule has 0 bridgehead atoms. The summed E-state index contributed by atoms with van der Waals surface area (Å²) in [6.07, 6.45) is 7.80. The first-order chi connectivity index (χ1) is 8.67. The van der Waals surface area contributed by atoms with Gasteiger partial charge in [-0.25, -0.2) is 4.98 Å². The molecular formula is C14H22N2O2. The Morgan fingerprint density at radius 2 is 2.33 bits per heavy atom. The highest BCUT2D eigenvalue weighted by Crippen LogP contribution is 2.42. The van der Waals surface area contributed by atoms with Gasteiger partial charge in [-0.05, 0) is 46.0 Å². The fourth-order valence-corrected chi connectivity index (χ4v) is 3.09. The molecule has 4 nitrogen and oxygen atoms in total. The summed E-state index contributed by atoms with van der Waals surface area (Å²) in [6, 6.07) is 0.709. The number of hydrogen-bond acceptors (Lipinski definition) is 4. The SMILES string of the molecule is Cc1cnc(C(C)NC2CCOC3(CCC3)C2)o1. The monoisotopic (exact) mass is 250 g/mol. The molecule has 2 fully saturated rings. The van der Waals surface area contributed by atoms with Crippen molar-refractivity contribution in [3.05, 3.63) is 17.8 Å². The Kier molecular flexibility index (Phi) is 3.16. The van der Waals surface area contributed by atoms with Crippen LogP contribution in [0.4, 0.5) is 0 Å². The number of nitrogens with one attached hydrogen (secondary N) is 1. The van der Waals surface area contributed by atoms with Crippen molar-refractivity contribution in [2.45, 2.75) is 63.6 Å². The smallest absolute Gasteiger partial charge is 0.211 e. The summed E-state index contributed by atoms with van der Waals surface area (Å²) in [5.74, 6) is 1.67. The van der Waals surface area contributed by atoms with Crippen molar-refractivity contribution in [1.29, 1.82) is 0 Å². The van der Waals surface area contributed by atoms with Crippen molar-refractivity contribution >= 4 is 0 Å². The zero-order valence-electron chi connectivity index (χ0n) is 11.2. The van der Waals surface area contributed by atoms with Crippen molar-refractivity contribution < 1.29 is 9.15 Å². The van der Waals surface area contributed by atoms with Crippen LogP contribution >= 0.6 is 0 Å². The lowest BCUT2D eigenvalue weighted by Crippen LogP contribution is -2.51. The fraction of sp³-hybridized carbons (Fsp3) is 0.786. The van der Waals surface area contributed by atoms with Crippen molar-refractivity contribution in [3.8, 4) is 0 Å². The third-order valence-electron chi connectivity index (χ3n) is 4.25. The molecule has 1 spiro atoms. The molecule has 0 radical (unpaired) electrons. The topological polar surface area (TPSA) is 47.3 Å². The lowest BCUT2D eigenvalue weighted by Gasteiger charge is -2.47. The molecule has 100 valence electrons. The average molecular weight is 250 g/mol. The number of aromatic nitrogens is 1. The Morgan fingerprint density at radius 3 is 2.94 bits per heavy atom. The van der Waals surface area contributed by atoms with E-state index in [1.54, 1.807) is 6.20 Å². The van der Waals surface area contributed by atoms with Gasteiger partial charge in [-0.3, -0.25) is 0 Å². The maximum atomic E-state index is 5.94. The van der Waals surface area contributed by atoms with E-state index in [-0.39, 0.29) is 11.6 Å². The molecule has 2 aliphatic rings. The van der Waals surface area contributed by atoms with E-state index < -0.39 is 0 Å². The summed E-state index contributed by atoms with van der Waals surface area (Å²) in [7, 11) is 0. The first-order valence-electron chi connectivity index (χ1n) is 6.99. The van der Waals surface area contributed by atoms with Crippen molar-refractivity contribution in [2.75, 3.05) is 6.61 Å². The summed E-state index contributed by atoms with van der Waals surface area (Å²) in [5, 5.41) is 3.64. The minimum Gasteiger partial charge on any atom is -0.444 e. The van der Waals surface area contributed by atoms with Gasteiger partial charge < -0.3 is 14.5 Å². The highest BCUT2D eigenvalue weighted by molar-refractivity contribution is 4.99. The van der Waals surface area contributed by atoms with Crippen LogP contribution in [0.1, 0.15) is 56.7 Å². The minimum atomic E-state index is 0.180. The van der Waals surface area contributed by atoms with Gasteiger partial charge in [0, 0.05) is 12.6 Å². The number of oxazole rings is 1. The zero-order valence-corrected chi connectivity index (χ0v) is 11.2. The van der Waals surface area contributed by atoms with Crippen LogP contribution in [-0.4, -0.2) is 23.2 Å². The predicted molar refractivity (Wildman–Crippen MR) is 68.3 cm³/mol. The second-order valence-electron chi connectivity index (χ2n) is 5.77. The molecular weight excluding hydrogens is 228 g/mol. The van der Waals surface area contributed by atoms with Crippen LogP contribution in [0, 0.1) is 6.92 Å². The first kappa shape index (κ1) is 12.2. The van der Waals surface area contributed by atoms with Crippen LogP contribution in [0.2, 0.25) is 0 Å². The molecule has 1 aromatic rings. The van der Waals surface area contributed by atoms with E-state index in [9.17, 15) is 0 Å². The van der Waals surface area contributed by atoms with E-state index in [0.717, 1.165) is 31.1 Å². The van der Waals surface area contributed by atoms with E-state index in [0.29, 0.717) is 6.04 Å². The predicted octanol–water partition coefficient (Wildman–Crippen LogP) is 2.74. The summed E-state index contributed by atoms with van der Waals surface area (Å²) in [5.41, 5.74) is 0.197. The van der Waals surface area contributed by atoms with E-state index >= 15 is 0 Å². The van der Waals surface area contributed by atoms with Crippen LogP contribution in [0.15, 0.2) is 10.6 Å². The van der Waals surface area contributed by atoms with Gasteiger partial charge >= 0.3 is 0 Å². The molecule has 1 aliphatic carbocycles. The molecule has 0 amide bonds. The lowest BCUT2D eigenvalue weighted by atomic mass is 9.74. The van der Waals surface area contributed by atoms with E-state index in [4.69, 9.17) is 9.15 Å². The maximum absolute atomic E-state index is 5.94. The molecule has 1 N–H and O–H groups in total. The molecule has 0 aromatic carbocycles. The highest BCUT2D eigenvalue weighted by Gasteiger charge is 2.42. The van der Waals surface area contributed by atoms with Gasteiger partial charge in [-0.1, -0.05) is 0 Å². The molecule has 2 unspecified atom stereocenters. The third-order valence-corrected chi connectivity index (χ3v) is 4.25. The van der Waals surface area contributed by atoms with E-state index in [1.807, 2.05) is 6.92 Å². The third kappa shape index (κ3) is 2.31. The minimum absolute atomic E-state index is 0.180. The molecule has 1 saturated carbocycles. The van der Waals surface area contributed by atoms with Crippen molar-refractivity contribution in [2.24, 2.45) is 0 Å². The van der Waals surface area contributed by atoms with Gasteiger partial charge in [-0.15, -0.1) is 0 Å². The van der Waals surface area contributed by atoms with Gasteiger partial charge in [0.05, 0.1) is 17.8 Å². The standard InChI is InChI=1S/C14H22N2O2/c1-10-9-15-13(18-10)11(2)16-12-4-7-17-14(8-12)5-3-6-14/h9,11-12,16H,3-8H2,1-2H3. The maximum Gasteiger partial charge on any atom is 0.211 e. The lowest BCUT2D eigenvalue weighted by molar-refractivity contribution is -0.136. The molecule has 4 heteroatoms. The van der Waals surface area contributed by atoms with Crippen molar-refractivity contribution in [3.63, 3.8) is 0 Å². The number of aryl methyl sites for hydroxylation is 1. The Morgan fingerprint density at radius 1 is 1.50 bits per heavy atom. The molecule has 1 aliphatic heterocycles. The van der Waals surface area contributed by atoms with Gasteiger partial charge in [0.2, 0.25) is 5.89 Å². The van der Waals surface area contributed by atoms with Crippen LogP contribution in [0.5, 0.6) is 0 Å². The number of rotatable bonds is 3. The summed E-state index contributed by atoms with van der Waals surface area (Å²) >= 11 is 0. The van der Waals surface area contributed by atoms with Crippen LogP contribution in [0.25, 0.3) is 0 Å². The zero-order chi connectivity index (χ0) is 12.6. The summed E-state index contributed by atoms with van der Waals surface area (Å²) in [4.78, 5) is 4.29. The Hall–Kier alpha value is -0.870. The molecule has 2 heterocycles.